The van der Waals surface area contributed by atoms with Crippen molar-refractivity contribution in [1.29, 1.82) is 0 Å². The van der Waals surface area contributed by atoms with Crippen LogP contribution in [0.5, 0.6) is 0 Å². The van der Waals surface area contributed by atoms with Crippen LogP contribution in [-0.2, 0) is 4.79 Å². The zero-order chi connectivity index (χ0) is 18.7. The fourth-order valence-corrected chi connectivity index (χ4v) is 4.35. The first-order valence-corrected chi connectivity index (χ1v) is 10.2. The molecule has 26 heavy (non-hydrogen) atoms. The van der Waals surface area contributed by atoms with Crippen LogP contribution in [0.4, 0.5) is 5.69 Å². The Kier molecular flexibility index (Phi) is 6.15. The first kappa shape index (κ1) is 19.1. The predicted octanol–water partition coefficient (Wildman–Crippen LogP) is 4.79. The lowest BCUT2D eigenvalue weighted by atomic mass is 10.1. The van der Waals surface area contributed by atoms with E-state index in [9.17, 15) is 4.79 Å². The lowest BCUT2D eigenvalue weighted by Crippen LogP contribution is -2.50. The summed E-state index contributed by atoms with van der Waals surface area (Å²) in [6, 6.07) is 14.1. The summed E-state index contributed by atoms with van der Waals surface area (Å²) in [5.74, 6) is 0.213. The molecule has 3 nitrogen and oxygen atoms in total. The predicted molar refractivity (Wildman–Crippen MR) is 111 cm³/mol. The molecular weight excluding hydrogens is 364 g/mol. The molecule has 0 radical (unpaired) electrons. The van der Waals surface area contributed by atoms with E-state index >= 15 is 0 Å². The quantitative estimate of drug-likeness (QED) is 0.704. The topological polar surface area (TPSA) is 23.6 Å². The first-order valence-electron chi connectivity index (χ1n) is 8.98. The van der Waals surface area contributed by atoms with E-state index in [0.29, 0.717) is 0 Å². The van der Waals surface area contributed by atoms with Crippen molar-refractivity contribution >= 4 is 35.0 Å². The Labute approximate surface area is 165 Å². The highest BCUT2D eigenvalue weighted by atomic mass is 35.5. The van der Waals surface area contributed by atoms with Crippen molar-refractivity contribution in [1.82, 2.24) is 4.90 Å². The minimum absolute atomic E-state index is 0.0940. The van der Waals surface area contributed by atoms with Crippen molar-refractivity contribution in [3.63, 3.8) is 0 Å². The molecular formula is C21H25ClN2OS. The standard InChI is InChI=1S/C21H25ClN2OS/c1-15-5-4-6-20(16(15)2)23-11-13-24(14-12-23)21(25)17(3)26-19-9-7-18(22)8-10-19/h4-10,17H,11-14H2,1-3H3. The number of aryl methyl sites for hydroxylation is 1. The van der Waals surface area contributed by atoms with Gasteiger partial charge in [-0.15, -0.1) is 11.8 Å². The Morgan fingerprint density at radius 1 is 1.04 bits per heavy atom. The van der Waals surface area contributed by atoms with Crippen LogP contribution in [0.1, 0.15) is 18.1 Å². The highest BCUT2D eigenvalue weighted by Crippen LogP contribution is 2.27. The third-order valence-corrected chi connectivity index (χ3v) is 6.33. The molecule has 1 atom stereocenters. The number of nitrogens with zero attached hydrogens (tertiary/aromatic N) is 2. The average molecular weight is 389 g/mol. The van der Waals surface area contributed by atoms with Gasteiger partial charge in [0.15, 0.2) is 0 Å². The van der Waals surface area contributed by atoms with Crippen LogP contribution in [-0.4, -0.2) is 42.2 Å². The highest BCUT2D eigenvalue weighted by molar-refractivity contribution is 8.00. The summed E-state index contributed by atoms with van der Waals surface area (Å²) < 4.78 is 0. The third kappa shape index (κ3) is 4.36. The molecule has 2 aromatic carbocycles. The van der Waals surface area contributed by atoms with Crippen LogP contribution >= 0.6 is 23.4 Å². The maximum atomic E-state index is 12.8. The summed E-state index contributed by atoms with van der Waals surface area (Å²) in [7, 11) is 0. The summed E-state index contributed by atoms with van der Waals surface area (Å²) in [4.78, 5) is 18.3. The van der Waals surface area contributed by atoms with Crippen molar-refractivity contribution in [2.75, 3.05) is 31.1 Å². The molecule has 1 unspecified atom stereocenters. The molecule has 138 valence electrons. The molecule has 1 amide bonds. The SMILES string of the molecule is Cc1cccc(N2CCN(C(=O)C(C)Sc3ccc(Cl)cc3)CC2)c1C. The van der Waals surface area contributed by atoms with Crippen molar-refractivity contribution in [2.45, 2.75) is 30.9 Å². The summed E-state index contributed by atoms with van der Waals surface area (Å²) >= 11 is 7.52. The van der Waals surface area contributed by atoms with Gasteiger partial charge in [0.05, 0.1) is 5.25 Å². The normalized spacial score (nSPS) is 15.8. The first-order chi connectivity index (χ1) is 12.5. The monoisotopic (exact) mass is 388 g/mol. The van der Waals surface area contributed by atoms with Crippen molar-refractivity contribution in [2.24, 2.45) is 0 Å². The number of carbonyl (C=O) groups is 1. The molecule has 1 heterocycles. The molecule has 0 aliphatic carbocycles. The van der Waals surface area contributed by atoms with Crippen LogP contribution < -0.4 is 4.90 Å². The van der Waals surface area contributed by atoms with Crippen molar-refractivity contribution in [3.05, 3.63) is 58.6 Å². The lowest BCUT2D eigenvalue weighted by Gasteiger charge is -2.38. The van der Waals surface area contributed by atoms with Gasteiger partial charge in [-0.3, -0.25) is 4.79 Å². The average Bonchev–Trinajstić information content (AvgIpc) is 2.65. The summed E-state index contributed by atoms with van der Waals surface area (Å²) in [6.07, 6.45) is 0. The molecule has 0 bridgehead atoms. The Hall–Kier alpha value is -1.65. The summed E-state index contributed by atoms with van der Waals surface area (Å²) in [5.41, 5.74) is 3.94. The summed E-state index contributed by atoms with van der Waals surface area (Å²) in [5, 5.41) is 0.624. The molecule has 1 fully saturated rings. The molecule has 0 aromatic heterocycles. The van der Waals surface area contributed by atoms with Gasteiger partial charge in [-0.05, 0) is 62.2 Å². The molecule has 2 aromatic rings. The second kappa shape index (κ2) is 8.36. The van der Waals surface area contributed by atoms with Gasteiger partial charge in [-0.25, -0.2) is 0 Å². The second-order valence-electron chi connectivity index (χ2n) is 6.75. The van der Waals surface area contributed by atoms with E-state index in [1.807, 2.05) is 36.1 Å². The maximum Gasteiger partial charge on any atom is 0.235 e. The van der Waals surface area contributed by atoms with Gasteiger partial charge >= 0.3 is 0 Å². The highest BCUT2D eigenvalue weighted by Gasteiger charge is 2.26. The Morgan fingerprint density at radius 3 is 2.35 bits per heavy atom. The molecule has 0 saturated carbocycles. The number of hydrogen-bond donors (Lipinski definition) is 0. The Morgan fingerprint density at radius 2 is 1.69 bits per heavy atom. The third-order valence-electron chi connectivity index (χ3n) is 4.98. The number of amides is 1. The van der Waals surface area contributed by atoms with Gasteiger partial charge < -0.3 is 9.80 Å². The van der Waals surface area contributed by atoms with Gasteiger partial charge in [0.25, 0.3) is 0 Å². The molecule has 1 saturated heterocycles. The van der Waals surface area contributed by atoms with Gasteiger partial charge in [-0.1, -0.05) is 23.7 Å². The molecule has 0 N–H and O–H groups in total. The second-order valence-corrected chi connectivity index (χ2v) is 8.60. The molecule has 0 spiro atoms. The van der Waals surface area contributed by atoms with Crippen molar-refractivity contribution < 1.29 is 4.79 Å². The van der Waals surface area contributed by atoms with E-state index in [2.05, 4.69) is 36.9 Å². The number of piperazine rings is 1. The van der Waals surface area contributed by atoms with Crippen LogP contribution in [0.15, 0.2) is 47.4 Å². The zero-order valence-corrected chi connectivity index (χ0v) is 17.1. The smallest absolute Gasteiger partial charge is 0.235 e. The van der Waals surface area contributed by atoms with E-state index in [4.69, 9.17) is 11.6 Å². The number of benzene rings is 2. The molecule has 1 aliphatic heterocycles. The number of thioether (sulfide) groups is 1. The van der Waals surface area contributed by atoms with Gasteiger partial charge in [-0.2, -0.15) is 0 Å². The molecule has 1 aliphatic rings. The van der Waals surface area contributed by atoms with Gasteiger partial charge in [0.2, 0.25) is 5.91 Å². The molecule has 5 heteroatoms. The number of hydrogen-bond acceptors (Lipinski definition) is 3. The maximum absolute atomic E-state index is 12.8. The van der Waals surface area contributed by atoms with E-state index in [1.54, 1.807) is 11.8 Å². The van der Waals surface area contributed by atoms with E-state index in [1.165, 1.54) is 16.8 Å². The fraction of sp³-hybridized carbons (Fsp3) is 0.381. The minimum Gasteiger partial charge on any atom is -0.368 e. The number of anilines is 1. The molecule has 3 rings (SSSR count). The number of halogens is 1. The van der Waals surface area contributed by atoms with Crippen LogP contribution in [0.25, 0.3) is 0 Å². The van der Waals surface area contributed by atoms with Gasteiger partial charge in [0, 0.05) is 41.8 Å². The Balaban J connectivity index is 1.57. The Bertz CT molecular complexity index is 770. The minimum atomic E-state index is -0.0940. The van der Waals surface area contributed by atoms with E-state index in [0.717, 1.165) is 36.1 Å². The largest absolute Gasteiger partial charge is 0.368 e. The summed E-state index contributed by atoms with van der Waals surface area (Å²) in [6.45, 7) is 9.62. The van der Waals surface area contributed by atoms with E-state index in [-0.39, 0.29) is 11.2 Å². The van der Waals surface area contributed by atoms with E-state index < -0.39 is 0 Å². The fourth-order valence-electron chi connectivity index (χ4n) is 3.27. The lowest BCUT2D eigenvalue weighted by molar-refractivity contribution is -0.130. The van der Waals surface area contributed by atoms with Crippen LogP contribution in [0.3, 0.4) is 0 Å². The zero-order valence-electron chi connectivity index (χ0n) is 15.5. The van der Waals surface area contributed by atoms with Crippen molar-refractivity contribution in [3.8, 4) is 0 Å². The van der Waals surface area contributed by atoms with Crippen LogP contribution in [0, 0.1) is 13.8 Å². The number of rotatable bonds is 4. The number of carbonyl (C=O) groups excluding carboxylic acids is 1. The van der Waals surface area contributed by atoms with Gasteiger partial charge in [0.1, 0.15) is 0 Å². The van der Waals surface area contributed by atoms with Crippen LogP contribution in [0.2, 0.25) is 5.02 Å².